The van der Waals surface area contributed by atoms with Crippen molar-refractivity contribution in [3.63, 3.8) is 0 Å². The Labute approximate surface area is 131 Å². The zero-order valence-electron chi connectivity index (χ0n) is 11.4. The first-order valence-corrected chi connectivity index (χ1v) is 13.7. The van der Waals surface area contributed by atoms with Crippen LogP contribution in [0.2, 0.25) is 0 Å². The molecule has 0 unspecified atom stereocenters. The van der Waals surface area contributed by atoms with E-state index < -0.39 is 0 Å². The third-order valence-electron chi connectivity index (χ3n) is 4.94. The second-order valence-electron chi connectivity index (χ2n) is 6.49. The zero-order valence-corrected chi connectivity index (χ0v) is 15.7. The van der Waals surface area contributed by atoms with Gasteiger partial charge in [-0.1, -0.05) is 65.2 Å². The topological polar surface area (TPSA) is 0 Å². The lowest BCUT2D eigenvalue weighted by molar-refractivity contribution is 0.201. The molecule has 0 saturated heterocycles. The van der Waals surface area contributed by atoms with Gasteiger partial charge in [0.05, 0.1) is 0 Å². The molecule has 2 aliphatic carbocycles. The van der Waals surface area contributed by atoms with E-state index in [1.807, 2.05) is 0 Å². The van der Waals surface area contributed by atoms with Gasteiger partial charge in [-0.05, 0) is 30.1 Å². The van der Waals surface area contributed by atoms with Gasteiger partial charge < -0.3 is 0 Å². The zero-order chi connectivity index (χ0) is 12.7. The summed E-state index contributed by atoms with van der Waals surface area (Å²) < 4.78 is 0. The van der Waals surface area contributed by atoms with Gasteiger partial charge in [-0.2, -0.15) is 0 Å². The van der Waals surface area contributed by atoms with Gasteiger partial charge in [0.1, 0.15) is 0 Å². The fourth-order valence-electron chi connectivity index (χ4n) is 3.60. The predicted molar refractivity (Wildman–Crippen MR) is 94.9 cm³/mol. The van der Waals surface area contributed by atoms with Crippen LogP contribution >= 0.6 is 37.2 Å². The van der Waals surface area contributed by atoms with Crippen LogP contribution in [0.5, 0.6) is 0 Å². The first-order chi connectivity index (χ1) is 8.24. The largest absolute Gasteiger partial charge is 0.0625 e. The summed E-state index contributed by atoms with van der Waals surface area (Å²) >= 11 is 4.24. The van der Waals surface area contributed by atoms with Crippen LogP contribution in [0.25, 0.3) is 0 Å². The molecule has 0 radical (unpaired) electrons. The third kappa shape index (κ3) is 6.44. The van der Waals surface area contributed by atoms with Crippen molar-refractivity contribution in [1.29, 1.82) is 0 Å². The molecule has 0 aromatic carbocycles. The first kappa shape index (κ1) is 16.5. The van der Waals surface area contributed by atoms with Crippen molar-refractivity contribution in [2.24, 2.45) is 23.7 Å². The van der Waals surface area contributed by atoms with E-state index in [2.05, 4.69) is 51.1 Å². The Balaban J connectivity index is 0.000000686. The Hall–Kier alpha value is 1.46. The Bertz CT molecular complexity index is 157. The van der Waals surface area contributed by atoms with E-state index in [1.165, 1.54) is 51.4 Å². The maximum atomic E-state index is 2.43. The molecular weight excluding hydrogens is 434 g/mol. The number of rotatable bonds is 2. The smallest absolute Gasteiger partial charge is 0 e. The second-order valence-corrected chi connectivity index (χ2v) is 6.49. The van der Waals surface area contributed by atoms with Crippen LogP contribution in [0.15, 0.2) is 0 Å². The summed E-state index contributed by atoms with van der Waals surface area (Å²) in [6.07, 6.45) is 13.7. The number of hydrogen-bond acceptors (Lipinski definition) is 0. The summed E-state index contributed by atoms with van der Waals surface area (Å²) in [6.45, 7) is 4.86. The fourth-order valence-corrected chi connectivity index (χ4v) is 3.60. The highest BCUT2D eigenvalue weighted by molar-refractivity contribution is 15.0. The molecule has 102 valence electrons. The molecule has 2 heteroatoms. The molecular formula is C15H28I2. The van der Waals surface area contributed by atoms with Gasteiger partial charge >= 0.3 is 0 Å². The maximum absolute atomic E-state index is 2.43. The third-order valence-corrected chi connectivity index (χ3v) is 4.94. The van der Waals surface area contributed by atoms with Crippen LogP contribution in [-0.4, -0.2) is 0 Å². The summed E-state index contributed by atoms with van der Waals surface area (Å²) in [5.41, 5.74) is 0. The summed E-state index contributed by atoms with van der Waals surface area (Å²) in [4.78, 5) is 0. The molecule has 0 bridgehead atoms. The van der Waals surface area contributed by atoms with Gasteiger partial charge in [0.25, 0.3) is 0 Å². The molecule has 0 amide bonds. The van der Waals surface area contributed by atoms with Gasteiger partial charge in [-0.25, -0.2) is 0 Å². The van der Waals surface area contributed by atoms with Gasteiger partial charge in [0.15, 0.2) is 0 Å². The fraction of sp³-hybridized carbons (Fsp3) is 1.00. The van der Waals surface area contributed by atoms with Gasteiger partial charge in [-0.15, -0.1) is 0 Å². The van der Waals surface area contributed by atoms with Crippen LogP contribution in [-0.2, 0) is 0 Å². The molecule has 0 nitrogen and oxygen atoms in total. The molecule has 2 rings (SSSR count). The Kier molecular flexibility index (Phi) is 9.11. The monoisotopic (exact) mass is 462 g/mol. The normalized spacial score (nSPS) is 38.1. The number of halogens is 2. The minimum absolute atomic E-state index is 1.02. The van der Waals surface area contributed by atoms with Crippen molar-refractivity contribution in [2.45, 2.75) is 71.6 Å². The van der Waals surface area contributed by atoms with E-state index in [-0.39, 0.29) is 0 Å². The second kappa shape index (κ2) is 9.38. The van der Waals surface area contributed by atoms with Crippen molar-refractivity contribution in [2.75, 3.05) is 0 Å². The lowest BCUT2D eigenvalue weighted by Gasteiger charge is -2.32. The molecule has 17 heavy (non-hydrogen) atoms. The van der Waals surface area contributed by atoms with Crippen molar-refractivity contribution in [1.82, 2.24) is 0 Å². The van der Waals surface area contributed by atoms with Gasteiger partial charge in [0.2, 0.25) is 0 Å². The maximum Gasteiger partial charge on any atom is 0 e. The molecule has 2 saturated carbocycles. The van der Waals surface area contributed by atoms with Crippen molar-refractivity contribution >= 4 is 37.2 Å². The van der Waals surface area contributed by atoms with Crippen LogP contribution in [0.4, 0.5) is 0 Å². The SMILES string of the molecule is CC1CCC(CC2CCC(C)CC2)CC1.II. The van der Waals surface area contributed by atoms with E-state index in [0.717, 1.165) is 23.7 Å². The van der Waals surface area contributed by atoms with Crippen LogP contribution < -0.4 is 0 Å². The Morgan fingerprint density at radius 2 is 0.941 bits per heavy atom. The van der Waals surface area contributed by atoms with Crippen LogP contribution in [0, 0.1) is 23.7 Å². The Morgan fingerprint density at radius 3 is 1.24 bits per heavy atom. The van der Waals surface area contributed by atoms with E-state index in [0.29, 0.717) is 0 Å². The van der Waals surface area contributed by atoms with E-state index in [4.69, 9.17) is 0 Å². The summed E-state index contributed by atoms with van der Waals surface area (Å²) in [5.74, 6) is 4.24. The molecule has 0 atom stereocenters. The van der Waals surface area contributed by atoms with Gasteiger partial charge in [-0.3, -0.25) is 0 Å². The standard InChI is InChI=1S/C15H28.I2/c1-12-3-7-14(8-4-12)11-15-9-5-13(2)6-10-15;1-2/h12-15H,3-11H2,1-2H3;. The van der Waals surface area contributed by atoms with Crippen molar-refractivity contribution < 1.29 is 0 Å². The molecule has 0 aliphatic heterocycles. The summed E-state index contributed by atoms with van der Waals surface area (Å²) in [6, 6.07) is 0. The molecule has 0 N–H and O–H groups in total. The van der Waals surface area contributed by atoms with E-state index in [1.54, 1.807) is 6.42 Å². The lowest BCUT2D eigenvalue weighted by atomic mass is 9.74. The van der Waals surface area contributed by atoms with E-state index in [9.17, 15) is 0 Å². The molecule has 0 spiro atoms. The minimum Gasteiger partial charge on any atom is -0.0625 e. The summed E-state index contributed by atoms with van der Waals surface area (Å²) in [5, 5.41) is 0. The molecule has 0 heterocycles. The van der Waals surface area contributed by atoms with Crippen molar-refractivity contribution in [3.05, 3.63) is 0 Å². The molecule has 2 fully saturated rings. The van der Waals surface area contributed by atoms with Crippen molar-refractivity contribution in [3.8, 4) is 0 Å². The van der Waals surface area contributed by atoms with Gasteiger partial charge in [0, 0.05) is 37.2 Å². The minimum atomic E-state index is 1.02. The quantitative estimate of drug-likeness (QED) is 0.396. The highest BCUT2D eigenvalue weighted by Crippen LogP contribution is 2.37. The Morgan fingerprint density at radius 1 is 0.647 bits per heavy atom. The predicted octanol–water partition coefficient (Wildman–Crippen LogP) is 6.80. The molecule has 0 aromatic heterocycles. The lowest BCUT2D eigenvalue weighted by Crippen LogP contribution is -2.19. The van der Waals surface area contributed by atoms with Crippen LogP contribution in [0.3, 0.4) is 0 Å². The first-order valence-electron chi connectivity index (χ1n) is 7.38. The summed E-state index contributed by atoms with van der Waals surface area (Å²) in [7, 11) is 0. The molecule has 0 aromatic rings. The highest BCUT2D eigenvalue weighted by atomic mass is 128. The van der Waals surface area contributed by atoms with E-state index >= 15 is 0 Å². The average molecular weight is 462 g/mol. The number of hydrogen-bond donors (Lipinski definition) is 0. The highest BCUT2D eigenvalue weighted by Gasteiger charge is 2.24. The average Bonchev–Trinajstić information content (AvgIpc) is 2.37. The van der Waals surface area contributed by atoms with Crippen LogP contribution in [0.1, 0.15) is 71.6 Å². The molecule has 2 aliphatic rings.